The quantitative estimate of drug-likeness (QED) is 0.760. The summed E-state index contributed by atoms with van der Waals surface area (Å²) in [4.78, 5) is 15.4. The number of aromatic nitrogens is 1. The van der Waals surface area contributed by atoms with Gasteiger partial charge < -0.3 is 10.5 Å². The summed E-state index contributed by atoms with van der Waals surface area (Å²) >= 11 is 1.48. The highest BCUT2D eigenvalue weighted by molar-refractivity contribution is 7.07. The number of hydrogen-bond acceptors (Lipinski definition) is 5. The second-order valence-electron chi connectivity index (χ2n) is 3.60. The number of carbonyl (C=O) groups is 1. The van der Waals surface area contributed by atoms with E-state index in [0.717, 1.165) is 5.69 Å². The normalized spacial score (nSPS) is 13.7. The van der Waals surface area contributed by atoms with Crippen molar-refractivity contribution >= 4 is 17.3 Å². The second kappa shape index (κ2) is 4.06. The number of thiazole rings is 1. The molecular weight excluding hydrogens is 200 g/mol. The number of methoxy groups -OCH3 is 1. The van der Waals surface area contributed by atoms with Gasteiger partial charge in [-0.2, -0.15) is 0 Å². The molecular formula is C9H14N2O2S. The van der Waals surface area contributed by atoms with E-state index in [-0.39, 0.29) is 0 Å². The number of rotatable bonds is 3. The Kier molecular flexibility index (Phi) is 3.23. The maximum Gasteiger partial charge on any atom is 0.323 e. The minimum Gasteiger partial charge on any atom is -0.468 e. The van der Waals surface area contributed by atoms with Crippen LogP contribution in [0.2, 0.25) is 0 Å². The van der Waals surface area contributed by atoms with Crippen molar-refractivity contribution in [2.24, 2.45) is 5.73 Å². The lowest BCUT2D eigenvalue weighted by atomic mass is 9.82. The van der Waals surface area contributed by atoms with E-state index in [0.29, 0.717) is 0 Å². The molecule has 0 aliphatic rings. The Morgan fingerprint density at radius 2 is 2.36 bits per heavy atom. The summed E-state index contributed by atoms with van der Waals surface area (Å²) in [6, 6.07) is -0.686. The fraction of sp³-hybridized carbons (Fsp3) is 0.556. The highest BCUT2D eigenvalue weighted by Crippen LogP contribution is 2.26. The van der Waals surface area contributed by atoms with Crippen LogP contribution in [0.4, 0.5) is 0 Å². The van der Waals surface area contributed by atoms with E-state index in [1.54, 1.807) is 5.51 Å². The summed E-state index contributed by atoms with van der Waals surface area (Å²) in [5.74, 6) is -0.414. The predicted octanol–water partition coefficient (Wildman–Crippen LogP) is 0.921. The first kappa shape index (κ1) is 11.1. The van der Waals surface area contributed by atoms with Crippen molar-refractivity contribution in [3.8, 4) is 0 Å². The van der Waals surface area contributed by atoms with Gasteiger partial charge in [-0.1, -0.05) is 13.8 Å². The van der Waals surface area contributed by atoms with Crippen LogP contribution in [0.15, 0.2) is 10.9 Å². The third-order valence-electron chi connectivity index (χ3n) is 2.33. The van der Waals surface area contributed by atoms with Crippen molar-refractivity contribution in [2.45, 2.75) is 25.3 Å². The Labute approximate surface area is 87.1 Å². The first-order valence-corrected chi connectivity index (χ1v) is 5.16. The molecule has 0 amide bonds. The monoisotopic (exact) mass is 214 g/mol. The fourth-order valence-electron chi connectivity index (χ4n) is 1.11. The van der Waals surface area contributed by atoms with E-state index in [1.165, 1.54) is 18.4 Å². The average molecular weight is 214 g/mol. The minimum absolute atomic E-state index is 0.414. The second-order valence-corrected chi connectivity index (χ2v) is 4.31. The highest BCUT2D eigenvalue weighted by Gasteiger charge is 2.35. The van der Waals surface area contributed by atoms with E-state index < -0.39 is 17.4 Å². The molecule has 0 fully saturated rings. The van der Waals surface area contributed by atoms with Gasteiger partial charge in [0.05, 0.1) is 18.3 Å². The van der Waals surface area contributed by atoms with Gasteiger partial charge in [-0.15, -0.1) is 11.3 Å². The molecule has 0 aliphatic heterocycles. The average Bonchev–Trinajstić information content (AvgIpc) is 2.68. The highest BCUT2D eigenvalue weighted by atomic mass is 32.1. The molecule has 1 rings (SSSR count). The van der Waals surface area contributed by atoms with Crippen LogP contribution in [0.25, 0.3) is 0 Å². The summed E-state index contributed by atoms with van der Waals surface area (Å²) in [5.41, 5.74) is 7.84. The lowest BCUT2D eigenvalue weighted by molar-refractivity contribution is -0.143. The summed E-state index contributed by atoms with van der Waals surface area (Å²) < 4.78 is 4.61. The van der Waals surface area contributed by atoms with E-state index in [2.05, 4.69) is 9.72 Å². The van der Waals surface area contributed by atoms with Gasteiger partial charge in [0, 0.05) is 10.8 Å². The van der Waals surface area contributed by atoms with Crippen molar-refractivity contribution in [1.29, 1.82) is 0 Å². The van der Waals surface area contributed by atoms with Crippen LogP contribution >= 0.6 is 11.3 Å². The molecule has 1 heterocycles. The third kappa shape index (κ3) is 1.93. The van der Waals surface area contributed by atoms with Gasteiger partial charge in [0.15, 0.2) is 0 Å². The Morgan fingerprint density at radius 1 is 1.71 bits per heavy atom. The summed E-state index contributed by atoms with van der Waals surface area (Å²) in [6.45, 7) is 3.76. The molecule has 0 saturated carbocycles. The lowest BCUT2D eigenvalue weighted by Crippen LogP contribution is -2.47. The van der Waals surface area contributed by atoms with Crippen molar-refractivity contribution < 1.29 is 9.53 Å². The molecule has 1 unspecified atom stereocenters. The van der Waals surface area contributed by atoms with Crippen LogP contribution in [-0.2, 0) is 14.9 Å². The van der Waals surface area contributed by atoms with Gasteiger partial charge in [0.25, 0.3) is 0 Å². The first-order valence-electron chi connectivity index (χ1n) is 4.22. The van der Waals surface area contributed by atoms with Gasteiger partial charge in [-0.25, -0.2) is 4.98 Å². The van der Waals surface area contributed by atoms with Crippen LogP contribution in [0.5, 0.6) is 0 Å². The summed E-state index contributed by atoms with van der Waals surface area (Å²) in [6.07, 6.45) is 0. The van der Waals surface area contributed by atoms with Crippen molar-refractivity contribution in [1.82, 2.24) is 4.98 Å². The van der Waals surface area contributed by atoms with Gasteiger partial charge in [0.1, 0.15) is 6.04 Å². The van der Waals surface area contributed by atoms with Gasteiger partial charge in [-0.3, -0.25) is 4.79 Å². The third-order valence-corrected chi connectivity index (χ3v) is 2.91. The molecule has 78 valence electrons. The van der Waals surface area contributed by atoms with Crippen LogP contribution in [0, 0.1) is 0 Å². The predicted molar refractivity (Wildman–Crippen MR) is 55.1 cm³/mol. The number of hydrogen-bond donors (Lipinski definition) is 1. The standard InChI is InChI=1S/C9H14N2O2S/c1-9(2,6-4-14-5-11-6)7(10)8(12)13-3/h4-5,7H,10H2,1-3H3. The maximum atomic E-state index is 11.3. The molecule has 5 heteroatoms. The number of nitrogens with two attached hydrogens (primary N) is 1. The summed E-state index contributed by atoms with van der Waals surface area (Å²) in [7, 11) is 1.33. The van der Waals surface area contributed by atoms with Gasteiger partial charge in [0.2, 0.25) is 0 Å². The van der Waals surface area contributed by atoms with Gasteiger partial charge in [-0.05, 0) is 0 Å². The Bertz CT molecular complexity index is 309. The van der Waals surface area contributed by atoms with E-state index in [4.69, 9.17) is 5.73 Å². The molecule has 1 aromatic heterocycles. The van der Waals surface area contributed by atoms with Crippen LogP contribution < -0.4 is 5.73 Å². The molecule has 14 heavy (non-hydrogen) atoms. The van der Waals surface area contributed by atoms with Crippen molar-refractivity contribution in [2.75, 3.05) is 7.11 Å². The molecule has 0 saturated heterocycles. The molecule has 0 aliphatic carbocycles. The summed E-state index contributed by atoms with van der Waals surface area (Å²) in [5, 5.41) is 1.89. The zero-order valence-electron chi connectivity index (χ0n) is 8.48. The van der Waals surface area contributed by atoms with Crippen LogP contribution in [-0.4, -0.2) is 24.1 Å². The Balaban J connectivity index is 2.90. The topological polar surface area (TPSA) is 65.2 Å². The first-order chi connectivity index (χ1) is 6.50. The molecule has 1 atom stereocenters. The molecule has 4 nitrogen and oxygen atoms in total. The molecule has 1 aromatic rings. The van der Waals surface area contributed by atoms with E-state index >= 15 is 0 Å². The molecule has 0 radical (unpaired) electrons. The largest absolute Gasteiger partial charge is 0.468 e. The number of esters is 1. The fourth-order valence-corrected chi connectivity index (χ4v) is 1.84. The van der Waals surface area contributed by atoms with Crippen molar-refractivity contribution in [3.05, 3.63) is 16.6 Å². The molecule has 0 spiro atoms. The molecule has 0 aromatic carbocycles. The number of carbonyl (C=O) groups excluding carboxylic acids is 1. The number of nitrogens with zero attached hydrogens (tertiary/aromatic N) is 1. The SMILES string of the molecule is COC(=O)C(N)C(C)(C)c1cscn1. The van der Waals surface area contributed by atoms with Gasteiger partial charge >= 0.3 is 5.97 Å². The Hall–Kier alpha value is -0.940. The number of ether oxygens (including phenoxy) is 1. The zero-order chi connectivity index (χ0) is 10.8. The van der Waals surface area contributed by atoms with Crippen molar-refractivity contribution in [3.63, 3.8) is 0 Å². The zero-order valence-corrected chi connectivity index (χ0v) is 9.30. The van der Waals surface area contributed by atoms with Crippen LogP contribution in [0.3, 0.4) is 0 Å². The Morgan fingerprint density at radius 3 is 2.79 bits per heavy atom. The minimum atomic E-state index is -0.686. The maximum absolute atomic E-state index is 11.3. The van der Waals surface area contributed by atoms with E-state index in [9.17, 15) is 4.79 Å². The smallest absolute Gasteiger partial charge is 0.323 e. The van der Waals surface area contributed by atoms with Crippen LogP contribution in [0.1, 0.15) is 19.5 Å². The molecule has 2 N–H and O–H groups in total. The van der Waals surface area contributed by atoms with E-state index in [1.807, 2.05) is 19.2 Å². The molecule has 0 bridgehead atoms. The lowest BCUT2D eigenvalue weighted by Gasteiger charge is -2.27.